The molecule has 0 bridgehead atoms. The maximum absolute atomic E-state index is 12.0. The molecule has 0 fully saturated rings. The Morgan fingerprint density at radius 1 is 1.11 bits per heavy atom. The Labute approximate surface area is 121 Å². The Morgan fingerprint density at radius 3 is 2.42 bits per heavy atom. The molecule has 0 heterocycles. The molecule has 0 spiro atoms. The molecule has 0 aromatic heterocycles. The van der Waals surface area contributed by atoms with Crippen molar-refractivity contribution >= 4 is 21.9 Å². The molecule has 0 N–H and O–H groups in total. The third kappa shape index (κ3) is 3.24. The van der Waals surface area contributed by atoms with E-state index in [0.29, 0.717) is 12.2 Å². The number of carbonyl (C=O) groups excluding carboxylic acids is 1. The van der Waals surface area contributed by atoms with Crippen LogP contribution in [-0.2, 0) is 4.74 Å². The Kier molecular flexibility index (Phi) is 4.74. The molecule has 0 amide bonds. The smallest absolute Gasteiger partial charge is 0.338 e. The van der Waals surface area contributed by atoms with Gasteiger partial charge in [-0.25, -0.2) is 4.79 Å². The van der Waals surface area contributed by atoms with Gasteiger partial charge < -0.3 is 4.74 Å². The molecular formula is C16H15BrO2. The topological polar surface area (TPSA) is 26.3 Å². The van der Waals surface area contributed by atoms with Gasteiger partial charge in [0, 0.05) is 0 Å². The first-order valence-corrected chi connectivity index (χ1v) is 7.10. The van der Waals surface area contributed by atoms with Gasteiger partial charge in [0.05, 0.1) is 17.0 Å². The molecule has 0 aliphatic rings. The van der Waals surface area contributed by atoms with E-state index in [9.17, 15) is 4.79 Å². The molecule has 2 nitrogen and oxygen atoms in total. The summed E-state index contributed by atoms with van der Waals surface area (Å²) in [6.07, 6.45) is 0. The minimum absolute atomic E-state index is 0.0192. The van der Waals surface area contributed by atoms with Crippen LogP contribution in [0.2, 0.25) is 0 Å². The molecule has 19 heavy (non-hydrogen) atoms. The molecule has 0 radical (unpaired) electrons. The van der Waals surface area contributed by atoms with Gasteiger partial charge in [-0.1, -0.05) is 64.5 Å². The number of carbonyl (C=O) groups is 1. The average molecular weight is 319 g/mol. The van der Waals surface area contributed by atoms with Crippen LogP contribution in [0.1, 0.15) is 33.2 Å². The lowest BCUT2D eigenvalue weighted by Gasteiger charge is -2.14. The zero-order valence-electron chi connectivity index (χ0n) is 10.7. The highest BCUT2D eigenvalue weighted by atomic mass is 79.9. The third-order valence-electron chi connectivity index (χ3n) is 2.82. The fourth-order valence-electron chi connectivity index (χ4n) is 1.91. The summed E-state index contributed by atoms with van der Waals surface area (Å²) in [7, 11) is 0. The van der Waals surface area contributed by atoms with E-state index in [4.69, 9.17) is 4.74 Å². The number of esters is 1. The van der Waals surface area contributed by atoms with Crippen molar-refractivity contribution in [1.82, 2.24) is 0 Å². The largest absolute Gasteiger partial charge is 0.462 e. The van der Waals surface area contributed by atoms with E-state index in [1.54, 1.807) is 6.07 Å². The van der Waals surface area contributed by atoms with Gasteiger partial charge in [0.2, 0.25) is 0 Å². The van der Waals surface area contributed by atoms with E-state index in [1.165, 1.54) is 0 Å². The molecule has 0 aliphatic heterocycles. The standard InChI is InChI=1S/C16H15BrO2/c1-2-19-16(18)14-11-7-6-10-13(14)15(17)12-8-4-3-5-9-12/h3-11,15H,2H2,1H3. The van der Waals surface area contributed by atoms with Gasteiger partial charge in [0.15, 0.2) is 0 Å². The second kappa shape index (κ2) is 6.53. The van der Waals surface area contributed by atoms with Crippen molar-refractivity contribution in [1.29, 1.82) is 0 Å². The number of benzene rings is 2. The Bertz CT molecular complexity index is 552. The van der Waals surface area contributed by atoms with E-state index in [-0.39, 0.29) is 10.8 Å². The van der Waals surface area contributed by atoms with Crippen LogP contribution >= 0.6 is 15.9 Å². The maximum Gasteiger partial charge on any atom is 0.338 e. The molecule has 0 aliphatic carbocycles. The molecule has 2 aromatic rings. The summed E-state index contributed by atoms with van der Waals surface area (Å²) in [4.78, 5) is 11.9. The zero-order valence-corrected chi connectivity index (χ0v) is 12.3. The van der Waals surface area contributed by atoms with Gasteiger partial charge in [-0.3, -0.25) is 0 Å². The highest BCUT2D eigenvalue weighted by Gasteiger charge is 2.18. The minimum Gasteiger partial charge on any atom is -0.462 e. The lowest BCUT2D eigenvalue weighted by molar-refractivity contribution is 0.0525. The number of hydrogen-bond donors (Lipinski definition) is 0. The van der Waals surface area contributed by atoms with Crippen LogP contribution in [-0.4, -0.2) is 12.6 Å². The Balaban J connectivity index is 2.37. The minimum atomic E-state index is -0.279. The average Bonchev–Trinajstić information content (AvgIpc) is 2.47. The first-order valence-electron chi connectivity index (χ1n) is 6.19. The summed E-state index contributed by atoms with van der Waals surface area (Å²) in [5.74, 6) is -0.279. The lowest BCUT2D eigenvalue weighted by atomic mass is 10.00. The predicted octanol–water partition coefficient (Wildman–Crippen LogP) is 4.35. The number of halogens is 1. The van der Waals surface area contributed by atoms with Gasteiger partial charge in [0.1, 0.15) is 0 Å². The summed E-state index contributed by atoms with van der Waals surface area (Å²) in [5.41, 5.74) is 2.64. The van der Waals surface area contributed by atoms with Crippen LogP contribution in [0.3, 0.4) is 0 Å². The quantitative estimate of drug-likeness (QED) is 0.619. The second-order valence-electron chi connectivity index (χ2n) is 4.08. The predicted molar refractivity (Wildman–Crippen MR) is 79.6 cm³/mol. The van der Waals surface area contributed by atoms with Crippen molar-refractivity contribution in [3.05, 3.63) is 71.3 Å². The fourth-order valence-corrected chi connectivity index (χ4v) is 2.62. The van der Waals surface area contributed by atoms with Crippen LogP contribution in [0.4, 0.5) is 0 Å². The van der Waals surface area contributed by atoms with Crippen molar-refractivity contribution < 1.29 is 9.53 Å². The van der Waals surface area contributed by atoms with Crippen LogP contribution in [0.25, 0.3) is 0 Å². The third-order valence-corrected chi connectivity index (χ3v) is 3.84. The molecule has 1 unspecified atom stereocenters. The highest BCUT2D eigenvalue weighted by molar-refractivity contribution is 9.09. The zero-order chi connectivity index (χ0) is 13.7. The monoisotopic (exact) mass is 318 g/mol. The van der Waals surface area contributed by atoms with Gasteiger partial charge in [0.25, 0.3) is 0 Å². The maximum atomic E-state index is 12.0. The van der Waals surface area contributed by atoms with Crippen molar-refractivity contribution in [2.45, 2.75) is 11.8 Å². The van der Waals surface area contributed by atoms with Gasteiger partial charge >= 0.3 is 5.97 Å². The van der Waals surface area contributed by atoms with Gasteiger partial charge in [-0.2, -0.15) is 0 Å². The summed E-state index contributed by atoms with van der Waals surface area (Å²) < 4.78 is 5.09. The summed E-state index contributed by atoms with van der Waals surface area (Å²) in [6.45, 7) is 2.19. The fraction of sp³-hybridized carbons (Fsp3) is 0.188. The van der Waals surface area contributed by atoms with Gasteiger partial charge in [-0.15, -0.1) is 0 Å². The normalized spacial score (nSPS) is 11.9. The Hall–Kier alpha value is -1.61. The molecule has 2 aromatic carbocycles. The van der Waals surface area contributed by atoms with E-state index < -0.39 is 0 Å². The van der Waals surface area contributed by atoms with Crippen molar-refractivity contribution in [2.24, 2.45) is 0 Å². The van der Waals surface area contributed by atoms with E-state index in [2.05, 4.69) is 15.9 Å². The number of ether oxygens (including phenoxy) is 1. The van der Waals surface area contributed by atoms with Crippen LogP contribution in [0, 0.1) is 0 Å². The van der Waals surface area contributed by atoms with Crippen molar-refractivity contribution in [2.75, 3.05) is 6.61 Å². The van der Waals surface area contributed by atoms with E-state index >= 15 is 0 Å². The molecule has 0 saturated heterocycles. The number of hydrogen-bond acceptors (Lipinski definition) is 2. The lowest BCUT2D eigenvalue weighted by Crippen LogP contribution is -2.09. The number of rotatable bonds is 4. The molecule has 3 heteroatoms. The van der Waals surface area contributed by atoms with Crippen LogP contribution < -0.4 is 0 Å². The first-order chi connectivity index (χ1) is 9.24. The molecular weight excluding hydrogens is 304 g/mol. The highest BCUT2D eigenvalue weighted by Crippen LogP contribution is 2.32. The van der Waals surface area contributed by atoms with Gasteiger partial charge in [-0.05, 0) is 24.1 Å². The van der Waals surface area contributed by atoms with Crippen molar-refractivity contribution in [3.63, 3.8) is 0 Å². The molecule has 0 saturated carbocycles. The molecule has 98 valence electrons. The van der Waals surface area contributed by atoms with Crippen LogP contribution in [0.5, 0.6) is 0 Å². The summed E-state index contributed by atoms with van der Waals surface area (Å²) in [5, 5.41) is 0. The SMILES string of the molecule is CCOC(=O)c1ccccc1C(Br)c1ccccc1. The number of alkyl halides is 1. The van der Waals surface area contributed by atoms with Crippen LogP contribution in [0.15, 0.2) is 54.6 Å². The van der Waals surface area contributed by atoms with Crippen molar-refractivity contribution in [3.8, 4) is 0 Å². The summed E-state index contributed by atoms with van der Waals surface area (Å²) in [6, 6.07) is 17.5. The first kappa shape index (κ1) is 13.8. The molecule has 2 rings (SSSR count). The van der Waals surface area contributed by atoms with E-state index in [1.807, 2.05) is 55.5 Å². The molecule has 1 atom stereocenters. The Morgan fingerprint density at radius 2 is 1.74 bits per heavy atom. The second-order valence-corrected chi connectivity index (χ2v) is 5.00. The van der Waals surface area contributed by atoms with E-state index in [0.717, 1.165) is 11.1 Å². The summed E-state index contributed by atoms with van der Waals surface area (Å²) >= 11 is 3.66.